The van der Waals surface area contributed by atoms with Gasteiger partial charge in [0.1, 0.15) is 18.1 Å². The van der Waals surface area contributed by atoms with Gasteiger partial charge in [-0.15, -0.1) is 0 Å². The molecule has 0 saturated heterocycles. The summed E-state index contributed by atoms with van der Waals surface area (Å²) >= 11 is 0. The van der Waals surface area contributed by atoms with Gasteiger partial charge in [-0.25, -0.2) is 0 Å². The number of aryl methyl sites for hydroxylation is 2. The summed E-state index contributed by atoms with van der Waals surface area (Å²) in [4.78, 5) is 22.2. The summed E-state index contributed by atoms with van der Waals surface area (Å²) in [6, 6.07) is 4.12. The van der Waals surface area contributed by atoms with Crippen LogP contribution in [0.2, 0.25) is 0 Å². The van der Waals surface area contributed by atoms with Gasteiger partial charge in [0, 0.05) is 23.3 Å². The third-order valence-electron chi connectivity index (χ3n) is 3.37. The molecule has 2 rings (SSSR count). The second-order valence-corrected chi connectivity index (χ2v) is 4.89. The lowest BCUT2D eigenvalue weighted by molar-refractivity contribution is -0.385. The Morgan fingerprint density at radius 3 is 2.70 bits per heavy atom. The van der Waals surface area contributed by atoms with E-state index in [0.717, 1.165) is 0 Å². The fourth-order valence-electron chi connectivity index (χ4n) is 2.10. The highest BCUT2D eigenvalue weighted by Crippen LogP contribution is 2.25. The monoisotopic (exact) mass is 320 g/mol. The van der Waals surface area contributed by atoms with Gasteiger partial charge >= 0.3 is 5.97 Å². The van der Waals surface area contributed by atoms with E-state index in [9.17, 15) is 14.9 Å². The molecule has 8 nitrogen and oxygen atoms in total. The molecule has 0 fully saturated rings. The van der Waals surface area contributed by atoms with Gasteiger partial charge in [0.2, 0.25) is 0 Å². The molecule has 122 valence electrons. The minimum atomic E-state index is -0.519. The van der Waals surface area contributed by atoms with Gasteiger partial charge in [0.15, 0.2) is 0 Å². The van der Waals surface area contributed by atoms with Crippen LogP contribution in [0.5, 0.6) is 5.75 Å². The molecular formula is C15H16N2O6. The summed E-state index contributed by atoms with van der Waals surface area (Å²) < 4.78 is 15.3. The van der Waals surface area contributed by atoms with E-state index in [0.29, 0.717) is 28.3 Å². The Balaban J connectivity index is 2.06. The number of nitrogens with zero attached hydrogens (tertiary/aromatic N) is 2. The van der Waals surface area contributed by atoms with Crippen LogP contribution in [0.3, 0.4) is 0 Å². The van der Waals surface area contributed by atoms with Crippen molar-refractivity contribution in [2.75, 3.05) is 7.11 Å². The van der Waals surface area contributed by atoms with Gasteiger partial charge in [-0.2, -0.15) is 0 Å². The molecule has 0 aliphatic carbocycles. The fraction of sp³-hybridized carbons (Fsp3) is 0.333. The van der Waals surface area contributed by atoms with E-state index in [-0.39, 0.29) is 18.7 Å². The SMILES string of the molecule is COc1ccc([N+](=O)[O-])cc1COC(=O)Cc1c(C)noc1C. The summed E-state index contributed by atoms with van der Waals surface area (Å²) in [7, 11) is 1.44. The van der Waals surface area contributed by atoms with E-state index >= 15 is 0 Å². The maximum atomic E-state index is 11.9. The second kappa shape index (κ2) is 6.91. The van der Waals surface area contributed by atoms with Gasteiger partial charge in [0.25, 0.3) is 5.69 Å². The molecule has 23 heavy (non-hydrogen) atoms. The molecular weight excluding hydrogens is 304 g/mol. The zero-order valence-electron chi connectivity index (χ0n) is 13.0. The van der Waals surface area contributed by atoms with Gasteiger partial charge < -0.3 is 14.0 Å². The Labute approximate surface area is 132 Å². The summed E-state index contributed by atoms with van der Waals surface area (Å²) in [5.74, 6) is 0.501. The molecule has 0 radical (unpaired) electrons. The van der Waals surface area contributed by atoms with Crippen molar-refractivity contribution in [3.05, 3.63) is 50.9 Å². The molecule has 1 heterocycles. The van der Waals surface area contributed by atoms with Crippen molar-refractivity contribution in [2.45, 2.75) is 26.9 Å². The van der Waals surface area contributed by atoms with Crippen LogP contribution in [0.1, 0.15) is 22.6 Å². The van der Waals surface area contributed by atoms with Crippen LogP contribution in [-0.4, -0.2) is 23.2 Å². The van der Waals surface area contributed by atoms with E-state index in [4.69, 9.17) is 14.0 Å². The average Bonchev–Trinajstić information content (AvgIpc) is 2.84. The quantitative estimate of drug-likeness (QED) is 0.457. The van der Waals surface area contributed by atoms with E-state index in [2.05, 4.69) is 5.16 Å². The lowest BCUT2D eigenvalue weighted by atomic mass is 10.1. The summed E-state index contributed by atoms with van der Waals surface area (Å²) in [5.41, 5.74) is 1.64. The first kappa shape index (κ1) is 16.5. The molecule has 0 saturated carbocycles. The number of hydrogen-bond donors (Lipinski definition) is 0. The fourth-order valence-corrected chi connectivity index (χ4v) is 2.10. The molecule has 0 unspecified atom stereocenters. The van der Waals surface area contributed by atoms with Crippen molar-refractivity contribution >= 4 is 11.7 Å². The Bertz CT molecular complexity index is 718. The zero-order valence-corrected chi connectivity index (χ0v) is 13.0. The van der Waals surface area contributed by atoms with Crippen LogP contribution in [0.4, 0.5) is 5.69 Å². The maximum Gasteiger partial charge on any atom is 0.310 e. The Hall–Kier alpha value is -2.90. The molecule has 8 heteroatoms. The maximum absolute atomic E-state index is 11.9. The summed E-state index contributed by atoms with van der Waals surface area (Å²) in [6.45, 7) is 3.34. The number of benzene rings is 1. The van der Waals surface area contributed by atoms with Gasteiger partial charge in [-0.3, -0.25) is 14.9 Å². The number of hydrogen-bond acceptors (Lipinski definition) is 7. The van der Waals surface area contributed by atoms with E-state index in [1.54, 1.807) is 13.8 Å². The standard InChI is InChI=1S/C15H16N2O6/c1-9-13(10(2)23-16-9)7-15(18)22-8-11-6-12(17(19)20)4-5-14(11)21-3/h4-6H,7-8H2,1-3H3. The highest BCUT2D eigenvalue weighted by molar-refractivity contribution is 5.73. The van der Waals surface area contributed by atoms with Crippen LogP contribution in [0, 0.1) is 24.0 Å². The number of ether oxygens (including phenoxy) is 2. The Morgan fingerprint density at radius 1 is 1.39 bits per heavy atom. The Kier molecular flexibility index (Phi) is 4.95. The molecule has 0 bridgehead atoms. The minimum absolute atomic E-state index is 0.0262. The molecule has 1 aromatic carbocycles. The first-order valence-electron chi connectivity index (χ1n) is 6.81. The van der Waals surface area contributed by atoms with Crippen molar-refractivity contribution < 1.29 is 23.7 Å². The molecule has 0 aliphatic rings. The Morgan fingerprint density at radius 2 is 2.13 bits per heavy atom. The lowest BCUT2D eigenvalue weighted by Crippen LogP contribution is -2.09. The molecule has 0 atom stereocenters. The average molecular weight is 320 g/mol. The van der Waals surface area contributed by atoms with Crippen molar-refractivity contribution in [1.82, 2.24) is 5.16 Å². The van der Waals surface area contributed by atoms with Crippen LogP contribution >= 0.6 is 0 Å². The number of carbonyl (C=O) groups excluding carboxylic acids is 1. The van der Waals surface area contributed by atoms with Crippen LogP contribution in [0.25, 0.3) is 0 Å². The molecule has 0 aliphatic heterocycles. The molecule has 0 amide bonds. The highest BCUT2D eigenvalue weighted by atomic mass is 16.6. The number of carbonyl (C=O) groups is 1. The lowest BCUT2D eigenvalue weighted by Gasteiger charge is -2.09. The third kappa shape index (κ3) is 3.85. The van der Waals surface area contributed by atoms with Gasteiger partial charge in [-0.1, -0.05) is 5.16 Å². The number of nitro groups is 1. The van der Waals surface area contributed by atoms with Crippen molar-refractivity contribution in [3.8, 4) is 5.75 Å². The van der Waals surface area contributed by atoms with E-state index in [1.165, 1.54) is 25.3 Å². The van der Waals surface area contributed by atoms with Crippen LogP contribution < -0.4 is 4.74 Å². The van der Waals surface area contributed by atoms with E-state index < -0.39 is 10.9 Å². The number of nitro benzene ring substituents is 1. The summed E-state index contributed by atoms with van der Waals surface area (Å²) in [5, 5.41) is 14.6. The van der Waals surface area contributed by atoms with E-state index in [1.807, 2.05) is 0 Å². The third-order valence-corrected chi connectivity index (χ3v) is 3.37. The zero-order chi connectivity index (χ0) is 17.0. The first-order valence-corrected chi connectivity index (χ1v) is 6.81. The summed E-state index contributed by atoms with van der Waals surface area (Å²) in [6.07, 6.45) is 0.0262. The predicted molar refractivity (Wildman–Crippen MR) is 79.1 cm³/mol. The van der Waals surface area contributed by atoms with Crippen LogP contribution in [0.15, 0.2) is 22.7 Å². The minimum Gasteiger partial charge on any atom is -0.496 e. The number of aromatic nitrogens is 1. The predicted octanol–water partition coefficient (Wildman–Crippen LogP) is 2.49. The van der Waals surface area contributed by atoms with Crippen LogP contribution in [-0.2, 0) is 22.6 Å². The molecule has 0 spiro atoms. The largest absolute Gasteiger partial charge is 0.496 e. The number of methoxy groups -OCH3 is 1. The number of esters is 1. The van der Waals surface area contributed by atoms with Gasteiger partial charge in [0.05, 0.1) is 24.1 Å². The topological polar surface area (TPSA) is 105 Å². The number of rotatable bonds is 6. The van der Waals surface area contributed by atoms with Crippen molar-refractivity contribution in [1.29, 1.82) is 0 Å². The molecule has 0 N–H and O–H groups in total. The number of non-ortho nitro benzene ring substituents is 1. The first-order chi connectivity index (χ1) is 10.9. The van der Waals surface area contributed by atoms with Crippen molar-refractivity contribution in [2.24, 2.45) is 0 Å². The second-order valence-electron chi connectivity index (χ2n) is 4.89. The normalized spacial score (nSPS) is 10.4. The molecule has 2 aromatic rings. The smallest absolute Gasteiger partial charge is 0.310 e. The highest BCUT2D eigenvalue weighted by Gasteiger charge is 2.16. The van der Waals surface area contributed by atoms with Gasteiger partial charge in [-0.05, 0) is 19.9 Å². The van der Waals surface area contributed by atoms with Crippen molar-refractivity contribution in [3.63, 3.8) is 0 Å². The molecule has 1 aromatic heterocycles.